The number of hydrogen-bond acceptors (Lipinski definition) is 4. The second-order valence-corrected chi connectivity index (χ2v) is 5.50. The van der Waals surface area contributed by atoms with Gasteiger partial charge in [0.25, 0.3) is 5.91 Å². The highest BCUT2D eigenvalue weighted by Crippen LogP contribution is 2.26. The zero-order valence-corrected chi connectivity index (χ0v) is 13.2. The number of phenols is 2. The Balaban J connectivity index is 1.81. The Hall–Kier alpha value is -3.05. The normalized spacial score (nSPS) is 11.0. The van der Waals surface area contributed by atoms with Crippen molar-refractivity contribution < 1.29 is 15.0 Å². The van der Waals surface area contributed by atoms with Crippen LogP contribution in [0.4, 0.5) is 0 Å². The number of nitrogens with zero attached hydrogens (tertiary/aromatic N) is 1. The van der Waals surface area contributed by atoms with Gasteiger partial charge in [0, 0.05) is 5.56 Å². The summed E-state index contributed by atoms with van der Waals surface area (Å²) in [5.74, 6) is -0.811. The molecule has 120 valence electrons. The SMILES string of the molecule is O=C(N/N=C/c1cccc(Cl)c1O)c1cc2ccccc2cc1O. The van der Waals surface area contributed by atoms with Gasteiger partial charge in [0.05, 0.1) is 16.8 Å². The van der Waals surface area contributed by atoms with Crippen molar-refractivity contribution in [2.24, 2.45) is 5.10 Å². The van der Waals surface area contributed by atoms with Gasteiger partial charge in [-0.25, -0.2) is 5.43 Å². The van der Waals surface area contributed by atoms with Crippen LogP contribution >= 0.6 is 11.6 Å². The third-order valence-corrected chi connectivity index (χ3v) is 3.80. The first-order chi connectivity index (χ1) is 11.6. The number of rotatable bonds is 3. The summed E-state index contributed by atoms with van der Waals surface area (Å²) in [6.45, 7) is 0. The lowest BCUT2D eigenvalue weighted by Crippen LogP contribution is -2.17. The van der Waals surface area contributed by atoms with Gasteiger partial charge in [0.2, 0.25) is 0 Å². The van der Waals surface area contributed by atoms with E-state index in [0.717, 1.165) is 10.8 Å². The Labute approximate surface area is 142 Å². The maximum Gasteiger partial charge on any atom is 0.275 e. The molecule has 0 aliphatic rings. The average molecular weight is 341 g/mol. The second-order valence-electron chi connectivity index (χ2n) is 5.09. The molecule has 0 aromatic heterocycles. The number of phenolic OH excluding ortho intramolecular Hbond substituents is 2. The molecule has 0 unspecified atom stereocenters. The standard InChI is InChI=1S/C18H13ClN2O3/c19-15-7-3-6-13(17(15)23)10-20-21-18(24)14-8-11-4-1-2-5-12(11)9-16(14)22/h1-10,22-23H,(H,21,24)/b20-10+. The highest BCUT2D eigenvalue weighted by atomic mass is 35.5. The van der Waals surface area contributed by atoms with Crippen molar-refractivity contribution in [1.82, 2.24) is 5.43 Å². The highest BCUT2D eigenvalue weighted by Gasteiger charge is 2.12. The van der Waals surface area contributed by atoms with Gasteiger partial charge >= 0.3 is 0 Å². The predicted octanol–water partition coefficient (Wildman–Crippen LogP) is 3.67. The summed E-state index contributed by atoms with van der Waals surface area (Å²) >= 11 is 5.80. The molecule has 0 bridgehead atoms. The summed E-state index contributed by atoms with van der Waals surface area (Å²) in [6, 6.07) is 15.3. The van der Waals surface area contributed by atoms with Crippen molar-refractivity contribution in [3.05, 3.63) is 70.7 Å². The lowest BCUT2D eigenvalue weighted by atomic mass is 10.1. The van der Waals surface area contributed by atoms with Crippen LogP contribution in [0.1, 0.15) is 15.9 Å². The maximum atomic E-state index is 12.2. The van der Waals surface area contributed by atoms with E-state index in [0.29, 0.717) is 5.56 Å². The van der Waals surface area contributed by atoms with Crippen LogP contribution in [0.2, 0.25) is 5.02 Å². The molecular weight excluding hydrogens is 328 g/mol. The fourth-order valence-corrected chi connectivity index (χ4v) is 2.45. The molecule has 6 heteroatoms. The van der Waals surface area contributed by atoms with Crippen molar-refractivity contribution in [1.29, 1.82) is 0 Å². The van der Waals surface area contributed by atoms with E-state index in [4.69, 9.17) is 11.6 Å². The summed E-state index contributed by atoms with van der Waals surface area (Å²) in [6.07, 6.45) is 1.28. The van der Waals surface area contributed by atoms with Gasteiger partial charge in [0.1, 0.15) is 11.5 Å². The molecule has 24 heavy (non-hydrogen) atoms. The molecule has 3 aromatic rings. The van der Waals surface area contributed by atoms with Gasteiger partial charge in [-0.05, 0) is 35.0 Å². The van der Waals surface area contributed by atoms with Crippen molar-refractivity contribution >= 4 is 34.5 Å². The molecule has 0 fully saturated rings. The third-order valence-electron chi connectivity index (χ3n) is 3.50. The lowest BCUT2D eigenvalue weighted by Gasteiger charge is -2.06. The zero-order valence-electron chi connectivity index (χ0n) is 12.4. The molecule has 0 radical (unpaired) electrons. The van der Waals surface area contributed by atoms with Gasteiger partial charge in [0.15, 0.2) is 0 Å². The molecule has 0 saturated carbocycles. The quantitative estimate of drug-likeness (QED) is 0.502. The molecule has 5 nitrogen and oxygen atoms in total. The lowest BCUT2D eigenvalue weighted by molar-refractivity contribution is 0.0952. The van der Waals surface area contributed by atoms with Gasteiger partial charge in [-0.3, -0.25) is 4.79 Å². The van der Waals surface area contributed by atoms with Crippen LogP contribution in [0, 0.1) is 0 Å². The summed E-state index contributed by atoms with van der Waals surface area (Å²) in [7, 11) is 0. The molecule has 3 rings (SSSR count). The van der Waals surface area contributed by atoms with Crippen LogP contribution in [-0.2, 0) is 0 Å². The van der Waals surface area contributed by atoms with E-state index in [1.165, 1.54) is 12.3 Å². The number of fused-ring (bicyclic) bond motifs is 1. The zero-order chi connectivity index (χ0) is 17.1. The Kier molecular flexibility index (Phi) is 4.35. The largest absolute Gasteiger partial charge is 0.507 e. The fourth-order valence-electron chi connectivity index (χ4n) is 2.27. The number of amides is 1. The topological polar surface area (TPSA) is 81.9 Å². The van der Waals surface area contributed by atoms with Crippen LogP contribution in [0.3, 0.4) is 0 Å². The first-order valence-corrected chi connectivity index (χ1v) is 7.46. The third kappa shape index (κ3) is 3.16. The van der Waals surface area contributed by atoms with Crippen LogP contribution in [-0.4, -0.2) is 22.3 Å². The van der Waals surface area contributed by atoms with E-state index in [9.17, 15) is 15.0 Å². The molecule has 1 amide bonds. The molecular formula is C18H13ClN2O3. The number of benzene rings is 3. The van der Waals surface area contributed by atoms with Crippen LogP contribution in [0.5, 0.6) is 11.5 Å². The number of para-hydroxylation sites is 1. The van der Waals surface area contributed by atoms with Crippen molar-refractivity contribution in [3.8, 4) is 11.5 Å². The van der Waals surface area contributed by atoms with E-state index in [1.54, 1.807) is 24.3 Å². The molecule has 0 aliphatic heterocycles. The smallest absolute Gasteiger partial charge is 0.275 e. The summed E-state index contributed by atoms with van der Waals surface area (Å²) < 4.78 is 0. The molecule has 0 saturated heterocycles. The maximum absolute atomic E-state index is 12.2. The second kappa shape index (κ2) is 6.60. The fraction of sp³-hybridized carbons (Fsp3) is 0. The Bertz CT molecular complexity index is 954. The first kappa shape index (κ1) is 15.8. The molecule has 3 aromatic carbocycles. The van der Waals surface area contributed by atoms with Crippen molar-refractivity contribution in [2.75, 3.05) is 0 Å². The van der Waals surface area contributed by atoms with Gasteiger partial charge in [-0.2, -0.15) is 5.10 Å². The van der Waals surface area contributed by atoms with Crippen LogP contribution in [0.15, 0.2) is 59.7 Å². The van der Waals surface area contributed by atoms with E-state index in [1.807, 2.05) is 24.3 Å². The monoisotopic (exact) mass is 340 g/mol. The minimum absolute atomic E-state index is 0.112. The Morgan fingerprint density at radius 2 is 1.75 bits per heavy atom. The minimum Gasteiger partial charge on any atom is -0.507 e. The number of halogens is 1. The Morgan fingerprint density at radius 3 is 2.50 bits per heavy atom. The molecule has 3 N–H and O–H groups in total. The van der Waals surface area contributed by atoms with Gasteiger partial charge in [-0.15, -0.1) is 0 Å². The molecule has 0 aliphatic carbocycles. The number of hydrogen-bond donors (Lipinski definition) is 3. The molecule has 0 spiro atoms. The summed E-state index contributed by atoms with van der Waals surface area (Å²) in [5.41, 5.74) is 2.79. The number of carbonyl (C=O) groups excluding carboxylic acids is 1. The summed E-state index contributed by atoms with van der Waals surface area (Å²) in [5, 5.41) is 25.4. The highest BCUT2D eigenvalue weighted by molar-refractivity contribution is 6.32. The van der Waals surface area contributed by atoms with Crippen molar-refractivity contribution in [2.45, 2.75) is 0 Å². The van der Waals surface area contributed by atoms with Gasteiger partial charge in [-0.1, -0.05) is 41.9 Å². The van der Waals surface area contributed by atoms with E-state index < -0.39 is 5.91 Å². The van der Waals surface area contributed by atoms with Crippen molar-refractivity contribution in [3.63, 3.8) is 0 Å². The summed E-state index contributed by atoms with van der Waals surface area (Å²) in [4.78, 5) is 12.2. The molecule has 0 atom stereocenters. The van der Waals surface area contributed by atoms with E-state index in [2.05, 4.69) is 10.5 Å². The molecule has 0 heterocycles. The van der Waals surface area contributed by atoms with E-state index in [-0.39, 0.29) is 22.1 Å². The van der Waals surface area contributed by atoms with Crippen LogP contribution in [0.25, 0.3) is 10.8 Å². The van der Waals surface area contributed by atoms with Gasteiger partial charge < -0.3 is 10.2 Å². The Morgan fingerprint density at radius 1 is 1.04 bits per heavy atom. The number of hydrazone groups is 1. The van der Waals surface area contributed by atoms with Crippen LogP contribution < -0.4 is 5.43 Å². The number of carbonyl (C=O) groups is 1. The minimum atomic E-state index is -0.559. The predicted molar refractivity (Wildman–Crippen MR) is 93.8 cm³/mol. The number of aromatic hydroxyl groups is 2. The van der Waals surface area contributed by atoms with E-state index >= 15 is 0 Å². The average Bonchev–Trinajstić information content (AvgIpc) is 2.58. The first-order valence-electron chi connectivity index (χ1n) is 7.09. The number of nitrogens with one attached hydrogen (secondary N) is 1.